The maximum atomic E-state index is 6.40. The highest BCUT2D eigenvalue weighted by Crippen LogP contribution is 2.23. The van der Waals surface area contributed by atoms with Crippen molar-refractivity contribution in [3.05, 3.63) is 16.4 Å². The lowest BCUT2D eigenvalue weighted by Crippen LogP contribution is -2.47. The second-order valence-corrected chi connectivity index (χ2v) is 5.32. The van der Waals surface area contributed by atoms with Crippen molar-refractivity contribution >= 4 is 11.6 Å². The molecule has 0 saturated carbocycles. The number of halogens is 1. The fraction of sp³-hybridized carbons (Fsp3) is 0.786. The molecule has 0 aliphatic rings. The average Bonchev–Trinajstić information content (AvgIpc) is 2.71. The minimum absolute atomic E-state index is 0.0347. The van der Waals surface area contributed by atoms with Crippen LogP contribution in [0.15, 0.2) is 0 Å². The van der Waals surface area contributed by atoms with Crippen molar-refractivity contribution in [2.24, 2.45) is 12.9 Å². The summed E-state index contributed by atoms with van der Waals surface area (Å²) in [6.45, 7) is 6.88. The van der Waals surface area contributed by atoms with E-state index in [-0.39, 0.29) is 12.1 Å². The molecule has 0 saturated heterocycles. The van der Waals surface area contributed by atoms with Gasteiger partial charge in [0.05, 0.1) is 28.6 Å². The van der Waals surface area contributed by atoms with Gasteiger partial charge in [0.15, 0.2) is 0 Å². The van der Waals surface area contributed by atoms with Gasteiger partial charge >= 0.3 is 0 Å². The van der Waals surface area contributed by atoms with Crippen LogP contribution in [0.4, 0.5) is 0 Å². The van der Waals surface area contributed by atoms with Crippen LogP contribution in [0.2, 0.25) is 5.02 Å². The molecular weight excluding hydrogens is 276 g/mol. The minimum Gasteiger partial charge on any atom is -0.377 e. The summed E-state index contributed by atoms with van der Waals surface area (Å²) >= 11 is 6.40. The monoisotopic (exact) mass is 302 g/mol. The third-order valence-electron chi connectivity index (χ3n) is 3.53. The molecule has 6 heteroatoms. The van der Waals surface area contributed by atoms with Crippen LogP contribution in [0.1, 0.15) is 45.0 Å². The lowest BCUT2D eigenvalue weighted by Gasteiger charge is -2.26. The number of aromatic nitrogens is 2. The van der Waals surface area contributed by atoms with Crippen LogP contribution < -0.4 is 11.3 Å². The van der Waals surface area contributed by atoms with Gasteiger partial charge in [-0.25, -0.2) is 0 Å². The van der Waals surface area contributed by atoms with E-state index in [1.54, 1.807) is 0 Å². The van der Waals surface area contributed by atoms with Crippen LogP contribution in [-0.4, -0.2) is 28.5 Å². The summed E-state index contributed by atoms with van der Waals surface area (Å²) in [5, 5.41) is 5.19. The number of aryl methyl sites for hydroxylation is 2. The molecule has 0 aliphatic heterocycles. The number of nitrogens with zero attached hydrogens (tertiary/aromatic N) is 2. The molecule has 0 aromatic carbocycles. The summed E-state index contributed by atoms with van der Waals surface area (Å²) in [5.41, 5.74) is 4.82. The Morgan fingerprint density at radius 2 is 2.10 bits per heavy atom. The summed E-state index contributed by atoms with van der Waals surface area (Å²) < 4.78 is 7.65. The largest absolute Gasteiger partial charge is 0.377 e. The highest BCUT2D eigenvalue weighted by atomic mass is 35.5. The van der Waals surface area contributed by atoms with Gasteiger partial charge in [0.25, 0.3) is 0 Å². The highest BCUT2D eigenvalue weighted by Gasteiger charge is 2.24. The first-order valence-corrected chi connectivity index (χ1v) is 7.74. The minimum atomic E-state index is 0.0347. The van der Waals surface area contributed by atoms with E-state index in [2.05, 4.69) is 24.4 Å². The molecule has 116 valence electrons. The topological polar surface area (TPSA) is 65.1 Å². The molecule has 0 amide bonds. The number of hydrogen-bond donors (Lipinski definition) is 2. The van der Waals surface area contributed by atoms with Crippen LogP contribution in [0, 0.1) is 0 Å². The highest BCUT2D eigenvalue weighted by molar-refractivity contribution is 6.31. The van der Waals surface area contributed by atoms with Gasteiger partial charge in [0, 0.05) is 20.1 Å². The zero-order valence-electron chi connectivity index (χ0n) is 12.9. The van der Waals surface area contributed by atoms with E-state index in [1.165, 1.54) is 0 Å². The summed E-state index contributed by atoms with van der Waals surface area (Å²) in [7, 11) is 1.92. The van der Waals surface area contributed by atoms with Crippen molar-refractivity contribution in [2.45, 2.75) is 58.6 Å². The molecule has 5 nitrogen and oxygen atoms in total. The molecule has 0 radical (unpaired) electrons. The second-order valence-electron chi connectivity index (χ2n) is 4.94. The Morgan fingerprint density at radius 1 is 1.40 bits per heavy atom. The van der Waals surface area contributed by atoms with Crippen molar-refractivity contribution < 1.29 is 4.74 Å². The van der Waals surface area contributed by atoms with E-state index in [0.717, 1.165) is 35.7 Å². The van der Waals surface area contributed by atoms with E-state index in [9.17, 15) is 0 Å². The first-order chi connectivity index (χ1) is 9.58. The Bertz CT molecular complexity index is 402. The van der Waals surface area contributed by atoms with Crippen LogP contribution in [0.25, 0.3) is 0 Å². The van der Waals surface area contributed by atoms with E-state index < -0.39 is 0 Å². The summed E-state index contributed by atoms with van der Waals surface area (Å²) in [4.78, 5) is 0. The second kappa shape index (κ2) is 8.62. The van der Waals surface area contributed by atoms with Crippen molar-refractivity contribution in [3.8, 4) is 0 Å². The number of hydrazine groups is 1. The smallest absolute Gasteiger partial charge is 0.0850 e. The molecule has 2 atom stereocenters. The Kier molecular flexibility index (Phi) is 7.51. The third-order valence-corrected chi connectivity index (χ3v) is 3.97. The molecule has 1 aromatic heterocycles. The molecule has 2 unspecified atom stereocenters. The van der Waals surface area contributed by atoms with Crippen LogP contribution in [0.3, 0.4) is 0 Å². The van der Waals surface area contributed by atoms with Gasteiger partial charge in [-0.15, -0.1) is 0 Å². The molecule has 0 aliphatic carbocycles. The van der Waals surface area contributed by atoms with Crippen LogP contribution in [0.5, 0.6) is 0 Å². The van der Waals surface area contributed by atoms with E-state index >= 15 is 0 Å². The zero-order chi connectivity index (χ0) is 15.1. The van der Waals surface area contributed by atoms with Gasteiger partial charge in [-0.3, -0.25) is 16.0 Å². The van der Waals surface area contributed by atoms with Crippen LogP contribution >= 0.6 is 11.6 Å². The molecule has 1 aromatic rings. The standard InChI is InChI=1S/C14H27ClN4O/c1-5-8-13(20-7-3)11(17-16)9-12-14(15)10(6-2)18-19(12)4/h11,13,17H,5-9,16H2,1-4H3. The van der Waals surface area contributed by atoms with Gasteiger partial charge < -0.3 is 4.74 Å². The molecule has 0 fully saturated rings. The third kappa shape index (κ3) is 4.19. The molecule has 0 spiro atoms. The zero-order valence-corrected chi connectivity index (χ0v) is 13.7. The summed E-state index contributed by atoms with van der Waals surface area (Å²) in [5.74, 6) is 5.72. The van der Waals surface area contributed by atoms with Gasteiger partial charge in [-0.05, 0) is 19.8 Å². The lowest BCUT2D eigenvalue weighted by molar-refractivity contribution is 0.0277. The number of hydrogen-bond acceptors (Lipinski definition) is 4. The van der Waals surface area contributed by atoms with Crippen molar-refractivity contribution in [3.63, 3.8) is 0 Å². The van der Waals surface area contributed by atoms with E-state index in [4.69, 9.17) is 22.2 Å². The Balaban J connectivity index is 2.89. The normalized spacial score (nSPS) is 14.5. The maximum Gasteiger partial charge on any atom is 0.0850 e. The molecule has 20 heavy (non-hydrogen) atoms. The molecule has 1 rings (SSSR count). The van der Waals surface area contributed by atoms with Gasteiger partial charge in [0.2, 0.25) is 0 Å². The van der Waals surface area contributed by atoms with E-state index in [1.807, 2.05) is 18.7 Å². The average molecular weight is 303 g/mol. The van der Waals surface area contributed by atoms with Crippen molar-refractivity contribution in [1.29, 1.82) is 0 Å². The summed E-state index contributed by atoms with van der Waals surface area (Å²) in [6.07, 6.45) is 3.66. The van der Waals surface area contributed by atoms with Gasteiger partial charge in [-0.1, -0.05) is 31.9 Å². The molecule has 1 heterocycles. The number of nitrogens with two attached hydrogens (primary N) is 1. The fourth-order valence-corrected chi connectivity index (χ4v) is 2.82. The van der Waals surface area contributed by atoms with Crippen molar-refractivity contribution in [1.82, 2.24) is 15.2 Å². The van der Waals surface area contributed by atoms with Gasteiger partial charge in [0.1, 0.15) is 0 Å². The first-order valence-electron chi connectivity index (χ1n) is 7.36. The Hall–Kier alpha value is -0.620. The molecule has 3 N–H and O–H groups in total. The van der Waals surface area contributed by atoms with Gasteiger partial charge in [-0.2, -0.15) is 5.10 Å². The summed E-state index contributed by atoms with van der Waals surface area (Å²) in [6, 6.07) is 0.0347. The lowest BCUT2D eigenvalue weighted by atomic mass is 10.0. The Morgan fingerprint density at radius 3 is 2.55 bits per heavy atom. The van der Waals surface area contributed by atoms with Crippen molar-refractivity contribution in [2.75, 3.05) is 6.61 Å². The van der Waals surface area contributed by atoms with E-state index in [0.29, 0.717) is 13.0 Å². The molecule has 0 bridgehead atoms. The Labute approximate surface area is 126 Å². The number of rotatable bonds is 9. The quantitative estimate of drug-likeness (QED) is 0.542. The predicted molar refractivity (Wildman–Crippen MR) is 82.7 cm³/mol. The number of ether oxygens (including phenoxy) is 1. The molecular formula is C14H27ClN4O. The first kappa shape index (κ1) is 17.4. The number of nitrogens with one attached hydrogen (secondary N) is 1. The predicted octanol–water partition coefficient (Wildman–Crippen LogP) is 2.22. The fourth-order valence-electron chi connectivity index (χ4n) is 2.45. The SMILES string of the molecule is CCCC(OCC)C(Cc1c(Cl)c(CC)nn1C)NN. The van der Waals surface area contributed by atoms with Crippen LogP contribution in [-0.2, 0) is 24.6 Å². The maximum absolute atomic E-state index is 6.40.